The van der Waals surface area contributed by atoms with Crippen LogP contribution in [-0.4, -0.2) is 21.6 Å². The number of allylic oxidation sites excluding steroid dienone is 2. The Morgan fingerprint density at radius 2 is 1.73 bits per heavy atom. The number of amides is 2. The first kappa shape index (κ1) is 19.6. The molecule has 152 valence electrons. The maximum absolute atomic E-state index is 12.9. The summed E-state index contributed by atoms with van der Waals surface area (Å²) in [6.07, 6.45) is 6.32. The van der Waals surface area contributed by atoms with Gasteiger partial charge in [-0.3, -0.25) is 25.2 Å². The Balaban J connectivity index is 1.58. The summed E-state index contributed by atoms with van der Waals surface area (Å²) in [7, 11) is 0. The molecular formula is C23H22N4O3. The van der Waals surface area contributed by atoms with E-state index in [0.29, 0.717) is 17.2 Å². The molecule has 3 aromatic rings. The molecule has 0 saturated carbocycles. The normalized spacial score (nSPS) is 15.3. The molecule has 0 fully saturated rings. The molecule has 0 aliphatic heterocycles. The molecule has 1 aliphatic carbocycles. The number of rotatable bonds is 5. The van der Waals surface area contributed by atoms with Gasteiger partial charge >= 0.3 is 0 Å². The lowest BCUT2D eigenvalue weighted by Gasteiger charge is -2.13. The minimum Gasteiger partial charge on any atom is -0.273 e. The van der Waals surface area contributed by atoms with Crippen LogP contribution in [0.25, 0.3) is 10.8 Å². The zero-order valence-corrected chi connectivity index (χ0v) is 16.4. The number of aromatic nitrogens is 2. The Hall–Kier alpha value is -3.74. The molecule has 0 unspecified atom stereocenters. The Kier molecular flexibility index (Phi) is 5.70. The van der Waals surface area contributed by atoms with E-state index in [1.54, 1.807) is 24.3 Å². The van der Waals surface area contributed by atoms with Gasteiger partial charge in [0.05, 0.1) is 11.9 Å². The second kappa shape index (κ2) is 8.73. The van der Waals surface area contributed by atoms with Gasteiger partial charge in [-0.25, -0.2) is 4.68 Å². The molecule has 2 aromatic carbocycles. The Morgan fingerprint density at radius 1 is 1.00 bits per heavy atom. The van der Waals surface area contributed by atoms with Gasteiger partial charge in [0.15, 0.2) is 5.69 Å². The number of carbonyl (C=O) groups excluding carboxylic acids is 2. The van der Waals surface area contributed by atoms with Crippen LogP contribution in [0.15, 0.2) is 71.5 Å². The van der Waals surface area contributed by atoms with Crippen LogP contribution >= 0.6 is 0 Å². The molecule has 0 bridgehead atoms. The molecular weight excluding hydrogens is 380 g/mol. The topological polar surface area (TPSA) is 93.1 Å². The maximum atomic E-state index is 12.9. The first-order valence-corrected chi connectivity index (χ1v) is 9.91. The molecule has 1 aliphatic rings. The lowest BCUT2D eigenvalue weighted by atomic mass is 10.1. The van der Waals surface area contributed by atoms with Crippen LogP contribution in [0, 0.1) is 5.92 Å². The summed E-state index contributed by atoms with van der Waals surface area (Å²) in [6.45, 7) is 0.241. The van der Waals surface area contributed by atoms with Gasteiger partial charge < -0.3 is 0 Å². The summed E-state index contributed by atoms with van der Waals surface area (Å²) in [5.41, 5.74) is 5.60. The summed E-state index contributed by atoms with van der Waals surface area (Å²) < 4.78 is 1.28. The first-order chi connectivity index (χ1) is 14.6. The van der Waals surface area contributed by atoms with Gasteiger partial charge in [0.2, 0.25) is 5.91 Å². The van der Waals surface area contributed by atoms with Crippen molar-refractivity contribution >= 4 is 22.6 Å². The molecule has 4 rings (SSSR count). The largest absolute Gasteiger partial charge is 0.290 e. The van der Waals surface area contributed by atoms with Crippen LogP contribution in [0.5, 0.6) is 0 Å². The zero-order chi connectivity index (χ0) is 20.9. The fourth-order valence-electron chi connectivity index (χ4n) is 3.61. The van der Waals surface area contributed by atoms with Crippen molar-refractivity contribution in [3.05, 3.63) is 88.4 Å². The standard InChI is InChI=1S/C23H22N4O3/c28-20(14-16-8-4-5-9-16)24-25-22(29)21-18-12-6-7-13-19(18)23(30)27(26-21)15-17-10-2-1-3-11-17/h1-4,6-8,10-13,16H,5,9,14-15H2,(H,24,28)(H,25,29)/t16-/m1/s1. The second-order valence-corrected chi connectivity index (χ2v) is 7.31. The van der Waals surface area contributed by atoms with E-state index >= 15 is 0 Å². The highest BCUT2D eigenvalue weighted by atomic mass is 16.2. The van der Waals surface area contributed by atoms with Crippen molar-refractivity contribution in [2.75, 3.05) is 0 Å². The number of hydrazine groups is 1. The predicted octanol–water partition coefficient (Wildman–Crippen LogP) is 2.56. The lowest BCUT2D eigenvalue weighted by Crippen LogP contribution is -2.43. The summed E-state index contributed by atoms with van der Waals surface area (Å²) >= 11 is 0. The van der Waals surface area contributed by atoms with Crippen molar-refractivity contribution in [3.63, 3.8) is 0 Å². The number of carbonyl (C=O) groups is 2. The third kappa shape index (κ3) is 4.30. The summed E-state index contributed by atoms with van der Waals surface area (Å²) in [5.74, 6) is -0.626. The van der Waals surface area contributed by atoms with Crippen molar-refractivity contribution in [2.24, 2.45) is 5.92 Å². The van der Waals surface area contributed by atoms with Gasteiger partial charge in [-0.15, -0.1) is 0 Å². The second-order valence-electron chi connectivity index (χ2n) is 7.31. The van der Waals surface area contributed by atoms with Crippen molar-refractivity contribution < 1.29 is 9.59 Å². The highest BCUT2D eigenvalue weighted by molar-refractivity contribution is 6.05. The zero-order valence-electron chi connectivity index (χ0n) is 16.4. The van der Waals surface area contributed by atoms with Gasteiger partial charge in [-0.1, -0.05) is 60.7 Å². The van der Waals surface area contributed by atoms with Gasteiger partial charge in [0.25, 0.3) is 11.5 Å². The van der Waals surface area contributed by atoms with E-state index in [2.05, 4.69) is 22.0 Å². The van der Waals surface area contributed by atoms with Gasteiger partial charge in [-0.05, 0) is 30.4 Å². The van der Waals surface area contributed by atoms with E-state index in [9.17, 15) is 14.4 Å². The Morgan fingerprint density at radius 3 is 2.47 bits per heavy atom. The average Bonchev–Trinajstić information content (AvgIpc) is 3.28. The molecule has 0 saturated heterocycles. The quantitative estimate of drug-likeness (QED) is 0.507. The van der Waals surface area contributed by atoms with E-state index in [1.807, 2.05) is 36.4 Å². The molecule has 0 radical (unpaired) electrons. The fourth-order valence-corrected chi connectivity index (χ4v) is 3.61. The summed E-state index contributed by atoms with van der Waals surface area (Å²) in [4.78, 5) is 37.8. The highest BCUT2D eigenvalue weighted by Crippen LogP contribution is 2.20. The van der Waals surface area contributed by atoms with Crippen molar-refractivity contribution in [1.29, 1.82) is 0 Å². The van der Waals surface area contributed by atoms with Gasteiger partial charge in [-0.2, -0.15) is 5.10 Å². The van der Waals surface area contributed by atoms with Gasteiger partial charge in [0, 0.05) is 11.8 Å². The predicted molar refractivity (Wildman–Crippen MR) is 114 cm³/mol. The van der Waals surface area contributed by atoms with E-state index in [-0.39, 0.29) is 29.6 Å². The molecule has 30 heavy (non-hydrogen) atoms. The van der Waals surface area contributed by atoms with Crippen molar-refractivity contribution in [3.8, 4) is 0 Å². The van der Waals surface area contributed by atoms with Crippen molar-refractivity contribution in [1.82, 2.24) is 20.6 Å². The fraction of sp³-hybridized carbons (Fsp3) is 0.217. The van der Waals surface area contributed by atoms with E-state index in [4.69, 9.17) is 0 Å². The Labute approximate surface area is 173 Å². The summed E-state index contributed by atoms with van der Waals surface area (Å²) in [5, 5.41) is 5.15. The van der Waals surface area contributed by atoms with Crippen LogP contribution in [0.2, 0.25) is 0 Å². The van der Waals surface area contributed by atoms with E-state index in [1.165, 1.54) is 4.68 Å². The number of nitrogens with zero attached hydrogens (tertiary/aromatic N) is 2. The molecule has 1 heterocycles. The first-order valence-electron chi connectivity index (χ1n) is 9.91. The molecule has 7 heteroatoms. The summed E-state index contributed by atoms with van der Waals surface area (Å²) in [6, 6.07) is 16.3. The third-order valence-corrected chi connectivity index (χ3v) is 5.13. The monoisotopic (exact) mass is 402 g/mol. The number of fused-ring (bicyclic) bond motifs is 1. The molecule has 1 aromatic heterocycles. The molecule has 7 nitrogen and oxygen atoms in total. The van der Waals surface area contributed by atoms with E-state index < -0.39 is 5.91 Å². The van der Waals surface area contributed by atoms with Crippen LogP contribution < -0.4 is 16.4 Å². The van der Waals surface area contributed by atoms with Crippen LogP contribution in [0.3, 0.4) is 0 Å². The van der Waals surface area contributed by atoms with Crippen LogP contribution in [-0.2, 0) is 11.3 Å². The number of benzene rings is 2. The molecule has 2 amide bonds. The van der Waals surface area contributed by atoms with E-state index in [0.717, 1.165) is 18.4 Å². The molecule has 1 atom stereocenters. The minimum absolute atomic E-state index is 0.0854. The third-order valence-electron chi connectivity index (χ3n) is 5.13. The van der Waals surface area contributed by atoms with Crippen LogP contribution in [0.1, 0.15) is 35.3 Å². The number of hydrogen-bond donors (Lipinski definition) is 2. The maximum Gasteiger partial charge on any atom is 0.290 e. The van der Waals surface area contributed by atoms with Crippen LogP contribution in [0.4, 0.5) is 0 Å². The lowest BCUT2D eigenvalue weighted by molar-refractivity contribution is -0.122. The smallest absolute Gasteiger partial charge is 0.273 e. The highest BCUT2D eigenvalue weighted by Gasteiger charge is 2.19. The van der Waals surface area contributed by atoms with Crippen molar-refractivity contribution in [2.45, 2.75) is 25.8 Å². The molecule has 0 spiro atoms. The Bertz CT molecular complexity index is 1170. The number of nitrogens with one attached hydrogen (secondary N) is 2. The van der Waals surface area contributed by atoms with Gasteiger partial charge in [0.1, 0.15) is 0 Å². The molecule has 2 N–H and O–H groups in total. The average molecular weight is 402 g/mol. The SMILES string of the molecule is O=C(C[C@@H]1C=CCC1)NNC(=O)c1nn(Cc2ccccc2)c(=O)c2ccccc12. The minimum atomic E-state index is -0.566. The number of hydrogen-bond acceptors (Lipinski definition) is 4.